The number of nitrogens with one attached hydrogen (secondary N) is 2. The van der Waals surface area contributed by atoms with Gasteiger partial charge in [0.1, 0.15) is 5.75 Å². The van der Waals surface area contributed by atoms with Crippen LogP contribution in [-0.4, -0.2) is 43.1 Å². The number of methoxy groups -OCH3 is 1. The quantitative estimate of drug-likeness (QED) is 0.321. The van der Waals surface area contributed by atoms with E-state index in [-0.39, 0.29) is 0 Å². The fourth-order valence-electron chi connectivity index (χ4n) is 2.98. The van der Waals surface area contributed by atoms with Gasteiger partial charge in [-0.3, -0.25) is 4.99 Å². The van der Waals surface area contributed by atoms with Crippen LogP contribution in [-0.2, 0) is 11.3 Å². The second kappa shape index (κ2) is 11.0. The van der Waals surface area contributed by atoms with Crippen LogP contribution in [0.2, 0.25) is 0 Å². The SMILES string of the molecule is CN=C(NCc1ccccc1-n1ccc(C)n1)Nc1cccc(OCCCOC)c1. The maximum atomic E-state index is 5.77. The molecule has 0 spiro atoms. The molecule has 2 aromatic carbocycles. The Hall–Kier alpha value is -3.32. The average Bonchev–Trinajstić information content (AvgIpc) is 3.21. The lowest BCUT2D eigenvalue weighted by Crippen LogP contribution is -2.30. The molecule has 0 aliphatic rings. The van der Waals surface area contributed by atoms with Gasteiger partial charge in [-0.25, -0.2) is 4.68 Å². The van der Waals surface area contributed by atoms with E-state index in [9.17, 15) is 0 Å². The van der Waals surface area contributed by atoms with Crippen LogP contribution in [0.5, 0.6) is 5.75 Å². The van der Waals surface area contributed by atoms with Gasteiger partial charge in [-0.15, -0.1) is 0 Å². The van der Waals surface area contributed by atoms with Gasteiger partial charge in [0.05, 0.1) is 18.0 Å². The standard InChI is InChI=1S/C23H29N5O2/c1-18-12-13-28(27-18)22-11-5-4-8-19(22)17-25-23(24-2)26-20-9-6-10-21(16-20)30-15-7-14-29-3/h4-6,8-13,16H,7,14-15,17H2,1-3H3,(H2,24,25,26). The van der Waals surface area contributed by atoms with Crippen molar-refractivity contribution in [2.24, 2.45) is 4.99 Å². The Kier molecular flexibility index (Phi) is 7.86. The lowest BCUT2D eigenvalue weighted by Gasteiger charge is -2.15. The number of hydrogen-bond acceptors (Lipinski definition) is 4. The van der Waals surface area contributed by atoms with E-state index in [4.69, 9.17) is 9.47 Å². The van der Waals surface area contributed by atoms with E-state index in [0.29, 0.717) is 25.7 Å². The van der Waals surface area contributed by atoms with Crippen molar-refractivity contribution in [1.82, 2.24) is 15.1 Å². The highest BCUT2D eigenvalue weighted by atomic mass is 16.5. The van der Waals surface area contributed by atoms with Crippen LogP contribution in [0.15, 0.2) is 65.8 Å². The van der Waals surface area contributed by atoms with Crippen LogP contribution in [0, 0.1) is 6.92 Å². The number of guanidine groups is 1. The molecule has 3 aromatic rings. The minimum absolute atomic E-state index is 0.613. The highest BCUT2D eigenvalue weighted by Crippen LogP contribution is 2.18. The minimum Gasteiger partial charge on any atom is -0.493 e. The summed E-state index contributed by atoms with van der Waals surface area (Å²) < 4.78 is 12.7. The third-order valence-corrected chi connectivity index (χ3v) is 4.49. The molecule has 7 heteroatoms. The summed E-state index contributed by atoms with van der Waals surface area (Å²) in [6, 6.07) is 18.0. The topological polar surface area (TPSA) is 72.7 Å². The number of aryl methyl sites for hydroxylation is 1. The highest BCUT2D eigenvalue weighted by Gasteiger charge is 2.07. The van der Waals surface area contributed by atoms with Crippen molar-refractivity contribution in [3.05, 3.63) is 72.1 Å². The largest absolute Gasteiger partial charge is 0.493 e. The zero-order chi connectivity index (χ0) is 21.2. The number of hydrogen-bond donors (Lipinski definition) is 2. The lowest BCUT2D eigenvalue weighted by molar-refractivity contribution is 0.172. The fourth-order valence-corrected chi connectivity index (χ4v) is 2.98. The van der Waals surface area contributed by atoms with Crippen LogP contribution in [0.4, 0.5) is 5.69 Å². The van der Waals surface area contributed by atoms with Gasteiger partial charge < -0.3 is 20.1 Å². The van der Waals surface area contributed by atoms with Crippen LogP contribution in [0.1, 0.15) is 17.7 Å². The molecular weight excluding hydrogens is 378 g/mol. The Balaban J connectivity index is 1.61. The van der Waals surface area contributed by atoms with E-state index >= 15 is 0 Å². The first-order chi connectivity index (χ1) is 14.7. The summed E-state index contributed by atoms with van der Waals surface area (Å²) in [5.41, 5.74) is 4.06. The number of nitrogens with zero attached hydrogens (tertiary/aromatic N) is 3. The number of anilines is 1. The molecule has 1 heterocycles. The molecule has 0 saturated carbocycles. The zero-order valence-electron chi connectivity index (χ0n) is 17.8. The molecule has 0 aliphatic heterocycles. The van der Waals surface area contributed by atoms with Crippen LogP contribution in [0.3, 0.4) is 0 Å². The molecule has 0 saturated heterocycles. The fraction of sp³-hybridized carbons (Fsp3) is 0.304. The summed E-state index contributed by atoms with van der Waals surface area (Å²) >= 11 is 0. The molecule has 0 aliphatic carbocycles. The van der Waals surface area contributed by atoms with Crippen LogP contribution < -0.4 is 15.4 Å². The number of aromatic nitrogens is 2. The predicted molar refractivity (Wildman–Crippen MR) is 121 cm³/mol. The van der Waals surface area contributed by atoms with Gasteiger partial charge >= 0.3 is 0 Å². The minimum atomic E-state index is 0.613. The molecule has 7 nitrogen and oxygen atoms in total. The Morgan fingerprint density at radius 2 is 1.97 bits per heavy atom. The van der Waals surface area contributed by atoms with Gasteiger partial charge in [0.25, 0.3) is 0 Å². The van der Waals surface area contributed by atoms with Gasteiger partial charge in [0.2, 0.25) is 0 Å². The van der Waals surface area contributed by atoms with E-state index in [0.717, 1.165) is 34.8 Å². The van der Waals surface area contributed by atoms with Gasteiger partial charge in [0.15, 0.2) is 5.96 Å². The van der Waals surface area contributed by atoms with Crippen molar-refractivity contribution in [3.63, 3.8) is 0 Å². The molecule has 0 radical (unpaired) electrons. The Morgan fingerprint density at radius 3 is 2.73 bits per heavy atom. The van der Waals surface area contributed by atoms with Gasteiger partial charge in [-0.05, 0) is 36.8 Å². The van der Waals surface area contributed by atoms with E-state index in [1.54, 1.807) is 14.2 Å². The van der Waals surface area contributed by atoms with Crippen molar-refractivity contribution >= 4 is 11.6 Å². The molecule has 0 bridgehead atoms. The monoisotopic (exact) mass is 407 g/mol. The molecule has 1 aromatic heterocycles. The Morgan fingerprint density at radius 1 is 1.10 bits per heavy atom. The smallest absolute Gasteiger partial charge is 0.195 e. The number of ether oxygens (including phenoxy) is 2. The Bertz CT molecular complexity index is 967. The molecular formula is C23H29N5O2. The van der Waals surface area contributed by atoms with E-state index < -0.39 is 0 Å². The normalized spacial score (nSPS) is 11.4. The molecule has 3 rings (SSSR count). The molecule has 30 heavy (non-hydrogen) atoms. The summed E-state index contributed by atoms with van der Waals surface area (Å²) in [5, 5.41) is 11.2. The van der Waals surface area contributed by atoms with Crippen LogP contribution >= 0.6 is 0 Å². The van der Waals surface area contributed by atoms with Gasteiger partial charge in [0, 0.05) is 51.7 Å². The first-order valence-electron chi connectivity index (χ1n) is 9.99. The number of rotatable bonds is 9. The number of aliphatic imine (C=N–C) groups is 1. The first-order valence-corrected chi connectivity index (χ1v) is 9.99. The summed E-state index contributed by atoms with van der Waals surface area (Å²) in [6.45, 7) is 3.91. The molecule has 0 unspecified atom stereocenters. The summed E-state index contributed by atoms with van der Waals surface area (Å²) in [5.74, 6) is 1.49. The van der Waals surface area contributed by atoms with E-state index in [1.165, 1.54) is 0 Å². The number of para-hydroxylation sites is 1. The summed E-state index contributed by atoms with van der Waals surface area (Å²) in [6.07, 6.45) is 2.83. The number of benzene rings is 2. The van der Waals surface area contributed by atoms with Crippen molar-refractivity contribution in [2.45, 2.75) is 19.9 Å². The maximum absolute atomic E-state index is 5.77. The summed E-state index contributed by atoms with van der Waals surface area (Å²) in [4.78, 5) is 4.34. The average molecular weight is 408 g/mol. The van der Waals surface area contributed by atoms with Crippen molar-refractivity contribution in [3.8, 4) is 11.4 Å². The maximum Gasteiger partial charge on any atom is 0.195 e. The lowest BCUT2D eigenvalue weighted by atomic mass is 10.2. The predicted octanol–water partition coefficient (Wildman–Crippen LogP) is 3.78. The second-order valence-electron chi connectivity index (χ2n) is 6.80. The zero-order valence-corrected chi connectivity index (χ0v) is 17.8. The highest BCUT2D eigenvalue weighted by molar-refractivity contribution is 5.93. The van der Waals surface area contributed by atoms with E-state index in [2.05, 4.69) is 32.9 Å². The molecule has 2 N–H and O–H groups in total. The molecule has 0 atom stereocenters. The summed E-state index contributed by atoms with van der Waals surface area (Å²) in [7, 11) is 3.45. The molecule has 0 amide bonds. The van der Waals surface area contributed by atoms with Gasteiger partial charge in [-0.2, -0.15) is 5.10 Å². The first kappa shape index (κ1) is 21.4. The third-order valence-electron chi connectivity index (χ3n) is 4.49. The third kappa shape index (κ3) is 6.09. The van der Waals surface area contributed by atoms with Crippen molar-refractivity contribution in [2.75, 3.05) is 32.7 Å². The second-order valence-corrected chi connectivity index (χ2v) is 6.80. The Labute approximate surface area is 177 Å². The van der Waals surface area contributed by atoms with Crippen molar-refractivity contribution in [1.29, 1.82) is 0 Å². The molecule has 158 valence electrons. The van der Waals surface area contributed by atoms with Crippen molar-refractivity contribution < 1.29 is 9.47 Å². The molecule has 0 fully saturated rings. The van der Waals surface area contributed by atoms with Gasteiger partial charge in [-0.1, -0.05) is 24.3 Å². The van der Waals surface area contributed by atoms with E-state index in [1.807, 2.05) is 60.3 Å². The van der Waals surface area contributed by atoms with Crippen LogP contribution in [0.25, 0.3) is 5.69 Å².